The zero-order valence-corrected chi connectivity index (χ0v) is 23.8. The van der Waals surface area contributed by atoms with Crippen LogP contribution in [0.15, 0.2) is 54.9 Å². The van der Waals surface area contributed by atoms with Gasteiger partial charge in [-0.25, -0.2) is 9.18 Å². The van der Waals surface area contributed by atoms with Gasteiger partial charge in [-0.05, 0) is 63.1 Å². The molecule has 41 heavy (non-hydrogen) atoms. The van der Waals surface area contributed by atoms with Crippen molar-refractivity contribution >= 4 is 17.6 Å². The number of rotatable bonds is 7. The topological polar surface area (TPSA) is 104 Å². The van der Waals surface area contributed by atoms with Crippen molar-refractivity contribution in [1.82, 2.24) is 15.1 Å². The van der Waals surface area contributed by atoms with E-state index >= 15 is 0 Å². The average molecular weight is 567 g/mol. The molecule has 1 saturated heterocycles. The monoisotopic (exact) mass is 566 g/mol. The molecule has 2 aliphatic rings. The van der Waals surface area contributed by atoms with Crippen LogP contribution in [0, 0.1) is 5.82 Å². The van der Waals surface area contributed by atoms with Gasteiger partial charge in [0, 0.05) is 32.2 Å². The number of hydrogen-bond donors (Lipinski definition) is 1. The molecule has 5 rings (SSSR count). The van der Waals surface area contributed by atoms with E-state index in [0.717, 1.165) is 15.8 Å². The van der Waals surface area contributed by atoms with E-state index in [9.17, 15) is 14.0 Å². The lowest BCUT2D eigenvalue weighted by atomic mass is 10.00. The van der Waals surface area contributed by atoms with Crippen molar-refractivity contribution in [1.29, 1.82) is 0 Å². The van der Waals surface area contributed by atoms with Gasteiger partial charge in [-0.15, -0.1) is 0 Å². The van der Waals surface area contributed by atoms with Crippen LogP contribution in [0.2, 0.25) is 0 Å². The molecular weight excluding hydrogens is 531 g/mol. The molecular formula is C30H35FN4O6. The molecule has 1 N–H and O–H groups in total. The number of nitrogens with one attached hydrogen (secondary N) is 1. The van der Waals surface area contributed by atoms with E-state index in [1.54, 1.807) is 43.6 Å². The van der Waals surface area contributed by atoms with Crippen molar-refractivity contribution < 1.29 is 32.9 Å². The lowest BCUT2D eigenvalue weighted by Gasteiger charge is -2.24. The highest BCUT2D eigenvalue weighted by Crippen LogP contribution is 2.38. The summed E-state index contributed by atoms with van der Waals surface area (Å²) in [5, 5.41) is 6.80. The molecule has 2 amide bonds. The summed E-state index contributed by atoms with van der Waals surface area (Å²) in [5.41, 5.74) is 1.58. The molecule has 3 heterocycles. The maximum absolute atomic E-state index is 13.5. The van der Waals surface area contributed by atoms with E-state index in [1.165, 1.54) is 23.2 Å². The minimum Gasteiger partial charge on any atom is -0.493 e. The van der Waals surface area contributed by atoms with Crippen molar-refractivity contribution in [2.75, 3.05) is 25.2 Å². The van der Waals surface area contributed by atoms with E-state index < -0.39 is 23.5 Å². The van der Waals surface area contributed by atoms with E-state index in [0.29, 0.717) is 36.6 Å². The van der Waals surface area contributed by atoms with Crippen LogP contribution in [0.3, 0.4) is 0 Å². The predicted molar refractivity (Wildman–Crippen MR) is 149 cm³/mol. The summed E-state index contributed by atoms with van der Waals surface area (Å²) in [6.45, 7) is 8.14. The Hall–Kier alpha value is -3.96. The first-order valence-corrected chi connectivity index (χ1v) is 13.5. The number of carbonyl (C=O) groups is 2. The van der Waals surface area contributed by atoms with E-state index in [2.05, 4.69) is 10.4 Å². The first-order valence-electron chi connectivity index (χ1n) is 13.5. The Kier molecular flexibility index (Phi) is 7.76. The Balaban J connectivity index is 1.19. The van der Waals surface area contributed by atoms with Crippen LogP contribution < -0.4 is 19.7 Å². The van der Waals surface area contributed by atoms with Crippen molar-refractivity contribution in [3.63, 3.8) is 0 Å². The lowest BCUT2D eigenvalue weighted by Crippen LogP contribution is -2.50. The van der Waals surface area contributed by atoms with Gasteiger partial charge in [0.25, 0.3) is 5.91 Å². The minimum absolute atomic E-state index is 0.0522. The summed E-state index contributed by atoms with van der Waals surface area (Å²) in [6, 6.07) is 9.98. The van der Waals surface area contributed by atoms with Crippen LogP contribution in [0.25, 0.3) is 0 Å². The predicted octanol–water partition coefficient (Wildman–Crippen LogP) is 4.29. The van der Waals surface area contributed by atoms with Crippen LogP contribution in [-0.4, -0.2) is 65.5 Å². The number of anilines is 1. The highest BCUT2D eigenvalue weighted by atomic mass is 19.1. The molecule has 0 bridgehead atoms. The fourth-order valence-corrected chi connectivity index (χ4v) is 5.23. The number of ether oxygens (including phenoxy) is 4. The van der Waals surface area contributed by atoms with Gasteiger partial charge < -0.3 is 29.2 Å². The Labute approximate surface area is 238 Å². The number of nitrogens with zero attached hydrogens (tertiary/aromatic N) is 3. The molecule has 1 fully saturated rings. The van der Waals surface area contributed by atoms with Crippen molar-refractivity contribution in [3.8, 4) is 11.5 Å². The molecule has 0 aliphatic carbocycles. The van der Waals surface area contributed by atoms with Gasteiger partial charge in [0.15, 0.2) is 5.79 Å². The van der Waals surface area contributed by atoms with E-state index in [4.69, 9.17) is 18.9 Å². The van der Waals surface area contributed by atoms with Gasteiger partial charge in [-0.1, -0.05) is 12.1 Å². The fourth-order valence-electron chi connectivity index (χ4n) is 5.23. The molecule has 0 unspecified atom stereocenters. The van der Waals surface area contributed by atoms with Gasteiger partial charge in [0.05, 0.1) is 30.2 Å². The molecule has 1 aromatic heterocycles. The number of carbonyl (C=O) groups excluding carboxylic acids is 2. The summed E-state index contributed by atoms with van der Waals surface area (Å²) in [6.07, 6.45) is 4.01. The average Bonchev–Trinajstić information content (AvgIpc) is 3.42. The third kappa shape index (κ3) is 6.52. The number of likely N-dealkylation sites (N-methyl/N-ethyl adjacent to an activating group) is 1. The normalized spacial score (nSPS) is 21.1. The molecule has 3 aromatic rings. The number of aromatic nitrogens is 2. The summed E-state index contributed by atoms with van der Waals surface area (Å²) in [5.74, 6) is -0.246. The summed E-state index contributed by atoms with van der Waals surface area (Å²) >= 11 is 0. The standard InChI is InChI=1S/C30H35FN4O6/c1-29(2)26(40-30(3,4)41-29)11-12-38-22-9-10-25-24(15-22)34(5)27(36)23(18-39-25)33-28(37)35-17-20(16-32-35)13-19-7-6-8-21(31)14-19/h6-10,14-17,23,26H,11-13,18H2,1-5H3,(H,33,37)/t23-,26+/m0/s1. The smallest absolute Gasteiger partial charge is 0.342 e. The van der Waals surface area contributed by atoms with E-state index in [-0.39, 0.29) is 24.4 Å². The molecule has 10 nitrogen and oxygen atoms in total. The molecule has 0 spiro atoms. The first-order chi connectivity index (χ1) is 19.4. The molecule has 2 aromatic carbocycles. The summed E-state index contributed by atoms with van der Waals surface area (Å²) in [4.78, 5) is 27.6. The van der Waals surface area contributed by atoms with E-state index in [1.807, 2.05) is 27.7 Å². The molecule has 0 saturated carbocycles. The van der Waals surface area contributed by atoms with Crippen LogP contribution >= 0.6 is 0 Å². The Morgan fingerprint density at radius 2 is 1.98 bits per heavy atom. The Morgan fingerprint density at radius 1 is 1.17 bits per heavy atom. The molecule has 218 valence electrons. The highest BCUT2D eigenvalue weighted by Gasteiger charge is 2.46. The number of benzene rings is 2. The largest absolute Gasteiger partial charge is 0.493 e. The van der Waals surface area contributed by atoms with Gasteiger partial charge in [-0.3, -0.25) is 4.79 Å². The van der Waals surface area contributed by atoms with Crippen molar-refractivity contribution in [2.45, 2.75) is 64.1 Å². The SMILES string of the molecule is CN1C(=O)[C@@H](NC(=O)n2cc(Cc3cccc(F)c3)cn2)COc2ccc(OCC[C@H]3OC(C)(C)OC3(C)C)cc21. The fraction of sp³-hybridized carbons (Fsp3) is 0.433. The molecule has 11 heteroatoms. The van der Waals surface area contributed by atoms with Crippen LogP contribution in [0.4, 0.5) is 14.9 Å². The van der Waals surface area contributed by atoms with Crippen molar-refractivity contribution in [3.05, 3.63) is 71.8 Å². The second-order valence-electron chi connectivity index (χ2n) is 11.3. The number of amides is 2. The van der Waals surface area contributed by atoms with Crippen molar-refractivity contribution in [2.24, 2.45) is 0 Å². The zero-order valence-electron chi connectivity index (χ0n) is 23.8. The quantitative estimate of drug-likeness (QED) is 0.455. The van der Waals surface area contributed by atoms with Gasteiger partial charge in [0.2, 0.25) is 0 Å². The number of halogens is 1. The minimum atomic E-state index is -0.940. The first kappa shape index (κ1) is 28.6. The summed E-state index contributed by atoms with van der Waals surface area (Å²) < 4.78 is 38.5. The third-order valence-electron chi connectivity index (χ3n) is 7.12. The zero-order chi connectivity index (χ0) is 29.4. The van der Waals surface area contributed by atoms with Gasteiger partial charge in [-0.2, -0.15) is 9.78 Å². The Bertz CT molecular complexity index is 1440. The van der Waals surface area contributed by atoms with Crippen LogP contribution in [-0.2, 0) is 20.7 Å². The number of hydrogen-bond acceptors (Lipinski definition) is 7. The second kappa shape index (κ2) is 11.1. The second-order valence-corrected chi connectivity index (χ2v) is 11.3. The lowest BCUT2D eigenvalue weighted by molar-refractivity contribution is -0.157. The maximum Gasteiger partial charge on any atom is 0.342 e. The number of fused-ring (bicyclic) bond motifs is 1. The van der Waals surface area contributed by atoms with Gasteiger partial charge >= 0.3 is 6.03 Å². The maximum atomic E-state index is 13.5. The molecule has 2 atom stereocenters. The Morgan fingerprint density at radius 3 is 2.71 bits per heavy atom. The van der Waals surface area contributed by atoms with Crippen LogP contribution in [0.1, 0.15) is 45.2 Å². The highest BCUT2D eigenvalue weighted by molar-refractivity contribution is 6.00. The molecule has 2 aliphatic heterocycles. The van der Waals surface area contributed by atoms with Gasteiger partial charge in [0.1, 0.15) is 30.0 Å². The van der Waals surface area contributed by atoms with Crippen LogP contribution in [0.5, 0.6) is 11.5 Å². The molecule has 0 radical (unpaired) electrons. The summed E-state index contributed by atoms with van der Waals surface area (Å²) in [7, 11) is 1.62. The third-order valence-corrected chi connectivity index (χ3v) is 7.12.